The number of nitrogens with zero attached hydrogens (tertiary/aromatic N) is 2. The minimum absolute atomic E-state index is 0.0320. The standard InChI is InChI=1S/C15H13ClN2O6S/c1-10(15(19)20)17(14-8-3-2-7-13(14)16)25(23,24)12-6-4-5-11(9-12)18(21)22/h2-10H,1H3,(H,19,20). The van der Waals surface area contributed by atoms with Gasteiger partial charge in [-0.05, 0) is 25.1 Å². The number of nitro groups is 1. The van der Waals surface area contributed by atoms with Gasteiger partial charge in [-0.1, -0.05) is 29.8 Å². The van der Waals surface area contributed by atoms with Crippen molar-refractivity contribution in [3.63, 3.8) is 0 Å². The first-order valence-corrected chi connectivity index (χ1v) is 8.74. The maximum atomic E-state index is 13.0. The number of non-ortho nitro benzene ring substituents is 1. The van der Waals surface area contributed by atoms with Crippen LogP contribution in [0.2, 0.25) is 5.02 Å². The van der Waals surface area contributed by atoms with E-state index >= 15 is 0 Å². The van der Waals surface area contributed by atoms with Crippen molar-refractivity contribution in [3.8, 4) is 0 Å². The molecule has 0 aliphatic rings. The number of aliphatic carboxylic acids is 1. The van der Waals surface area contributed by atoms with Crippen molar-refractivity contribution in [3.05, 3.63) is 63.7 Å². The van der Waals surface area contributed by atoms with Crippen molar-refractivity contribution in [1.29, 1.82) is 0 Å². The third-order valence-electron chi connectivity index (χ3n) is 3.38. The molecule has 0 spiro atoms. The van der Waals surface area contributed by atoms with Gasteiger partial charge in [-0.3, -0.25) is 14.4 Å². The lowest BCUT2D eigenvalue weighted by atomic mass is 10.2. The van der Waals surface area contributed by atoms with Gasteiger partial charge in [0.15, 0.2) is 0 Å². The Kier molecular flexibility index (Phi) is 5.29. The highest BCUT2D eigenvalue weighted by Gasteiger charge is 2.35. The average molecular weight is 385 g/mol. The predicted octanol–water partition coefficient (Wildman–Crippen LogP) is 2.92. The molecule has 0 aliphatic carbocycles. The lowest BCUT2D eigenvalue weighted by Crippen LogP contribution is -2.43. The lowest BCUT2D eigenvalue weighted by Gasteiger charge is -2.28. The van der Waals surface area contributed by atoms with E-state index in [1.807, 2.05) is 0 Å². The summed E-state index contributed by atoms with van der Waals surface area (Å²) in [6.07, 6.45) is 0. The molecule has 1 atom stereocenters. The summed E-state index contributed by atoms with van der Waals surface area (Å²) >= 11 is 6.04. The van der Waals surface area contributed by atoms with Crippen LogP contribution in [0.1, 0.15) is 6.92 Å². The molecular weight excluding hydrogens is 372 g/mol. The van der Waals surface area contributed by atoms with Gasteiger partial charge in [0.25, 0.3) is 15.7 Å². The number of hydrogen-bond acceptors (Lipinski definition) is 5. The van der Waals surface area contributed by atoms with Gasteiger partial charge in [-0.2, -0.15) is 0 Å². The van der Waals surface area contributed by atoms with Crippen LogP contribution in [-0.2, 0) is 14.8 Å². The van der Waals surface area contributed by atoms with Gasteiger partial charge in [0.2, 0.25) is 0 Å². The highest BCUT2D eigenvalue weighted by Crippen LogP contribution is 2.33. The van der Waals surface area contributed by atoms with E-state index in [2.05, 4.69) is 0 Å². The smallest absolute Gasteiger partial charge is 0.327 e. The number of rotatable bonds is 6. The molecule has 2 aromatic rings. The summed E-state index contributed by atoms with van der Waals surface area (Å²) in [7, 11) is -4.41. The number of nitro benzene ring substituents is 1. The number of sulfonamides is 1. The molecule has 0 amide bonds. The zero-order chi connectivity index (χ0) is 18.8. The molecule has 0 radical (unpaired) electrons. The fourth-order valence-electron chi connectivity index (χ4n) is 2.15. The molecule has 0 saturated carbocycles. The van der Waals surface area contributed by atoms with Crippen molar-refractivity contribution in [2.45, 2.75) is 17.9 Å². The molecule has 0 bridgehead atoms. The second-order valence-corrected chi connectivity index (χ2v) is 7.24. The highest BCUT2D eigenvalue weighted by molar-refractivity contribution is 7.93. The Hall–Kier alpha value is -2.65. The van der Waals surface area contributed by atoms with E-state index in [4.69, 9.17) is 11.6 Å². The van der Waals surface area contributed by atoms with E-state index in [0.717, 1.165) is 18.2 Å². The number of anilines is 1. The van der Waals surface area contributed by atoms with Crippen LogP contribution >= 0.6 is 11.6 Å². The molecule has 0 aromatic heterocycles. The minimum atomic E-state index is -4.41. The van der Waals surface area contributed by atoms with E-state index in [-0.39, 0.29) is 10.7 Å². The first kappa shape index (κ1) is 18.7. The van der Waals surface area contributed by atoms with E-state index in [0.29, 0.717) is 4.31 Å². The second-order valence-electron chi connectivity index (χ2n) is 5.02. The normalized spacial score (nSPS) is 12.4. The van der Waals surface area contributed by atoms with E-state index in [9.17, 15) is 28.4 Å². The topological polar surface area (TPSA) is 118 Å². The summed E-state index contributed by atoms with van der Waals surface area (Å²) in [5.41, 5.74) is -0.464. The second kappa shape index (κ2) is 7.08. The number of para-hydroxylation sites is 1. The Morgan fingerprint density at radius 1 is 1.24 bits per heavy atom. The summed E-state index contributed by atoms with van der Waals surface area (Å²) in [6.45, 7) is 1.18. The Balaban J connectivity index is 2.68. The van der Waals surface area contributed by atoms with Crippen LogP contribution in [0.15, 0.2) is 53.4 Å². The molecule has 1 unspecified atom stereocenters. The average Bonchev–Trinajstić information content (AvgIpc) is 2.56. The molecule has 8 nitrogen and oxygen atoms in total. The van der Waals surface area contributed by atoms with Crippen LogP contribution in [0.4, 0.5) is 11.4 Å². The van der Waals surface area contributed by atoms with Crippen molar-refractivity contribution in [2.24, 2.45) is 0 Å². The van der Waals surface area contributed by atoms with E-state index in [1.54, 1.807) is 6.07 Å². The van der Waals surface area contributed by atoms with Gasteiger partial charge in [0.1, 0.15) is 6.04 Å². The first-order valence-electron chi connectivity index (χ1n) is 6.92. The van der Waals surface area contributed by atoms with Crippen LogP contribution in [0, 0.1) is 10.1 Å². The molecular formula is C15H13ClN2O6S. The highest BCUT2D eigenvalue weighted by atomic mass is 35.5. The lowest BCUT2D eigenvalue weighted by molar-refractivity contribution is -0.385. The van der Waals surface area contributed by atoms with Crippen molar-refractivity contribution in [2.75, 3.05) is 4.31 Å². The molecule has 25 heavy (non-hydrogen) atoms. The largest absolute Gasteiger partial charge is 0.480 e. The van der Waals surface area contributed by atoms with Crippen molar-refractivity contribution in [1.82, 2.24) is 0 Å². The van der Waals surface area contributed by atoms with Crippen molar-refractivity contribution < 1.29 is 23.2 Å². The monoisotopic (exact) mass is 384 g/mol. The molecule has 0 heterocycles. The van der Waals surface area contributed by atoms with Crippen molar-refractivity contribution >= 4 is 39.0 Å². The molecule has 2 rings (SSSR count). The molecule has 0 fully saturated rings. The van der Waals surface area contributed by atoms with Gasteiger partial charge in [0.05, 0.1) is 20.5 Å². The van der Waals surface area contributed by atoms with Gasteiger partial charge in [0, 0.05) is 12.1 Å². The summed E-state index contributed by atoms with van der Waals surface area (Å²) < 4.78 is 26.6. The van der Waals surface area contributed by atoms with Crippen LogP contribution in [0.25, 0.3) is 0 Å². The minimum Gasteiger partial charge on any atom is -0.480 e. The summed E-state index contributed by atoms with van der Waals surface area (Å²) in [6, 6.07) is 8.73. The summed E-state index contributed by atoms with van der Waals surface area (Å²) in [4.78, 5) is 21.2. The molecule has 1 N–H and O–H groups in total. The molecule has 0 aliphatic heterocycles. The van der Waals surface area contributed by atoms with Gasteiger partial charge >= 0.3 is 5.97 Å². The number of halogens is 1. The Morgan fingerprint density at radius 2 is 1.88 bits per heavy atom. The van der Waals surface area contributed by atoms with Crippen LogP contribution in [0.5, 0.6) is 0 Å². The Labute approximate surface area is 148 Å². The Morgan fingerprint density at radius 3 is 2.44 bits per heavy atom. The van der Waals surface area contributed by atoms with E-state index < -0.39 is 37.5 Å². The maximum absolute atomic E-state index is 13.0. The molecule has 2 aromatic carbocycles. The Bertz CT molecular complexity index is 931. The first-order chi connectivity index (χ1) is 11.7. The third-order valence-corrected chi connectivity index (χ3v) is 5.58. The number of carbonyl (C=O) groups is 1. The van der Waals surface area contributed by atoms with Crippen LogP contribution < -0.4 is 4.31 Å². The fraction of sp³-hybridized carbons (Fsp3) is 0.133. The summed E-state index contributed by atoms with van der Waals surface area (Å²) in [5.74, 6) is -1.39. The van der Waals surface area contributed by atoms with Gasteiger partial charge < -0.3 is 5.11 Å². The zero-order valence-electron chi connectivity index (χ0n) is 12.9. The number of carboxylic acid groups (broad SMARTS) is 1. The molecule has 10 heteroatoms. The molecule has 0 saturated heterocycles. The maximum Gasteiger partial charge on any atom is 0.327 e. The zero-order valence-corrected chi connectivity index (χ0v) is 14.4. The van der Waals surface area contributed by atoms with Gasteiger partial charge in [-0.15, -0.1) is 0 Å². The number of carboxylic acids is 1. The molecule has 132 valence electrons. The predicted molar refractivity (Wildman–Crippen MR) is 91.3 cm³/mol. The SMILES string of the molecule is CC(C(=O)O)N(c1ccccc1Cl)S(=O)(=O)c1cccc([N+](=O)[O-])c1. The third kappa shape index (κ3) is 3.72. The van der Waals surface area contributed by atoms with Crippen LogP contribution in [0.3, 0.4) is 0 Å². The fourth-order valence-corrected chi connectivity index (χ4v) is 4.10. The summed E-state index contributed by atoms with van der Waals surface area (Å²) in [5, 5.41) is 20.2. The quantitative estimate of drug-likeness (QED) is 0.604. The number of benzene rings is 2. The van der Waals surface area contributed by atoms with Gasteiger partial charge in [-0.25, -0.2) is 13.2 Å². The van der Waals surface area contributed by atoms with E-state index in [1.165, 1.54) is 31.2 Å². The van der Waals surface area contributed by atoms with Crippen LogP contribution in [-0.4, -0.2) is 30.5 Å². The number of hydrogen-bond donors (Lipinski definition) is 1.